The van der Waals surface area contributed by atoms with E-state index in [1.165, 1.54) is 11.1 Å². The number of rotatable bonds is 6. The maximum Gasteiger partial charge on any atom is 0.237 e. The van der Waals surface area contributed by atoms with Crippen molar-refractivity contribution in [2.24, 2.45) is 11.8 Å². The first-order valence-corrected chi connectivity index (χ1v) is 10.0. The van der Waals surface area contributed by atoms with Gasteiger partial charge >= 0.3 is 0 Å². The van der Waals surface area contributed by atoms with E-state index in [1.807, 2.05) is 12.1 Å². The summed E-state index contributed by atoms with van der Waals surface area (Å²) in [7, 11) is 0. The molecule has 1 heterocycles. The minimum atomic E-state index is -0.138. The fourth-order valence-corrected chi connectivity index (χ4v) is 4.03. The average molecular weight is 394 g/mol. The summed E-state index contributed by atoms with van der Waals surface area (Å²) >= 11 is 0. The largest absolute Gasteiger partial charge is 0.356 e. The maximum atomic E-state index is 12.5. The van der Waals surface area contributed by atoms with Crippen molar-refractivity contribution in [2.45, 2.75) is 58.0 Å². The second kappa shape index (κ2) is 10.7. The van der Waals surface area contributed by atoms with Gasteiger partial charge in [-0.25, -0.2) is 0 Å². The first-order chi connectivity index (χ1) is 12.7. The Morgan fingerprint density at radius 3 is 2.44 bits per heavy atom. The van der Waals surface area contributed by atoms with Gasteiger partial charge in [-0.3, -0.25) is 9.59 Å². The van der Waals surface area contributed by atoms with Crippen molar-refractivity contribution in [3.05, 3.63) is 35.4 Å². The van der Waals surface area contributed by atoms with Crippen molar-refractivity contribution in [3.8, 4) is 0 Å². The standard InChI is InChI=1S/C21H31N3O2.ClH/c1-2-11-22-20(25)16-9-7-15(8-10-16)13-24-21(26)19-12-17-5-3-4-6-18(17)14-23-19;/h3-6,15-16,19,23H,2,7-14H2,1H3,(H,22,25)(H,24,26);1H. The van der Waals surface area contributed by atoms with Crippen LogP contribution in [0.25, 0.3) is 0 Å². The lowest BCUT2D eigenvalue weighted by atomic mass is 9.81. The zero-order valence-corrected chi connectivity index (χ0v) is 16.9. The van der Waals surface area contributed by atoms with Crippen molar-refractivity contribution >= 4 is 24.2 Å². The lowest BCUT2D eigenvalue weighted by molar-refractivity contribution is -0.127. The predicted octanol–water partition coefficient (Wildman–Crippen LogP) is 2.57. The van der Waals surface area contributed by atoms with Crippen LogP contribution in [-0.2, 0) is 22.6 Å². The molecule has 150 valence electrons. The van der Waals surface area contributed by atoms with Gasteiger partial charge in [-0.2, -0.15) is 0 Å². The second-order valence-corrected chi connectivity index (χ2v) is 7.66. The zero-order valence-electron chi connectivity index (χ0n) is 16.1. The molecule has 1 aromatic rings. The average Bonchev–Trinajstić information content (AvgIpc) is 2.70. The maximum absolute atomic E-state index is 12.5. The Balaban J connectivity index is 0.00000261. The van der Waals surface area contributed by atoms with Gasteiger partial charge in [0.25, 0.3) is 0 Å². The summed E-state index contributed by atoms with van der Waals surface area (Å²) in [5.41, 5.74) is 2.56. The molecule has 1 saturated carbocycles. The highest BCUT2D eigenvalue weighted by molar-refractivity contribution is 5.85. The van der Waals surface area contributed by atoms with Gasteiger partial charge in [-0.05, 0) is 55.6 Å². The first-order valence-electron chi connectivity index (χ1n) is 10.0. The van der Waals surface area contributed by atoms with Crippen molar-refractivity contribution in [1.29, 1.82) is 0 Å². The normalized spacial score (nSPS) is 24.3. The zero-order chi connectivity index (χ0) is 18.4. The van der Waals surface area contributed by atoms with Gasteiger partial charge in [0.05, 0.1) is 6.04 Å². The van der Waals surface area contributed by atoms with E-state index < -0.39 is 0 Å². The topological polar surface area (TPSA) is 70.2 Å². The molecule has 1 aromatic carbocycles. The molecule has 6 heteroatoms. The molecule has 0 aromatic heterocycles. The van der Waals surface area contributed by atoms with Crippen LogP contribution in [0.5, 0.6) is 0 Å². The van der Waals surface area contributed by atoms with Crippen LogP contribution >= 0.6 is 12.4 Å². The molecule has 3 N–H and O–H groups in total. The van der Waals surface area contributed by atoms with Crippen LogP contribution < -0.4 is 16.0 Å². The third-order valence-corrected chi connectivity index (χ3v) is 5.73. The van der Waals surface area contributed by atoms with Crippen LogP contribution in [0.4, 0.5) is 0 Å². The minimum Gasteiger partial charge on any atom is -0.356 e. The molecule has 0 radical (unpaired) electrons. The molecule has 1 aliphatic heterocycles. The van der Waals surface area contributed by atoms with Gasteiger partial charge in [0, 0.05) is 25.6 Å². The van der Waals surface area contributed by atoms with Gasteiger partial charge in [0.1, 0.15) is 0 Å². The summed E-state index contributed by atoms with van der Waals surface area (Å²) < 4.78 is 0. The third-order valence-electron chi connectivity index (χ3n) is 5.73. The SMILES string of the molecule is CCCNC(=O)C1CCC(CNC(=O)C2Cc3ccccc3CN2)CC1.Cl. The first kappa shape index (κ1) is 21.7. The van der Waals surface area contributed by atoms with Gasteiger partial charge in [0.2, 0.25) is 11.8 Å². The summed E-state index contributed by atoms with van der Waals surface area (Å²) in [4.78, 5) is 24.6. The van der Waals surface area contributed by atoms with E-state index in [4.69, 9.17) is 0 Å². The molecule has 1 fully saturated rings. The molecule has 1 atom stereocenters. The van der Waals surface area contributed by atoms with Crippen LogP contribution in [-0.4, -0.2) is 30.9 Å². The Morgan fingerprint density at radius 2 is 1.74 bits per heavy atom. The molecule has 0 spiro atoms. The lowest BCUT2D eigenvalue weighted by Crippen LogP contribution is -2.48. The van der Waals surface area contributed by atoms with Gasteiger partial charge in [0.15, 0.2) is 0 Å². The molecule has 5 nitrogen and oxygen atoms in total. The molecule has 27 heavy (non-hydrogen) atoms. The number of nitrogens with one attached hydrogen (secondary N) is 3. The van der Waals surface area contributed by atoms with E-state index in [-0.39, 0.29) is 36.2 Å². The van der Waals surface area contributed by atoms with E-state index in [0.717, 1.165) is 58.2 Å². The quantitative estimate of drug-likeness (QED) is 0.695. The fraction of sp³-hybridized carbons (Fsp3) is 0.619. The highest BCUT2D eigenvalue weighted by Crippen LogP contribution is 2.28. The number of carbonyl (C=O) groups is 2. The van der Waals surface area contributed by atoms with E-state index >= 15 is 0 Å². The van der Waals surface area contributed by atoms with Crippen LogP contribution in [0.2, 0.25) is 0 Å². The van der Waals surface area contributed by atoms with Gasteiger partial charge < -0.3 is 16.0 Å². The Kier molecular flexibility index (Phi) is 8.58. The van der Waals surface area contributed by atoms with Crippen molar-refractivity contribution < 1.29 is 9.59 Å². The Morgan fingerprint density at radius 1 is 1.04 bits per heavy atom. The fourth-order valence-electron chi connectivity index (χ4n) is 4.03. The highest BCUT2D eigenvalue weighted by atomic mass is 35.5. The van der Waals surface area contributed by atoms with E-state index in [2.05, 4.69) is 35.0 Å². The smallest absolute Gasteiger partial charge is 0.237 e. The Labute approximate surface area is 168 Å². The van der Waals surface area contributed by atoms with Crippen LogP contribution in [0, 0.1) is 11.8 Å². The second-order valence-electron chi connectivity index (χ2n) is 7.66. The summed E-state index contributed by atoms with van der Waals surface area (Å²) in [6, 6.07) is 8.17. The number of amides is 2. The molecular weight excluding hydrogens is 362 g/mol. The number of hydrogen-bond donors (Lipinski definition) is 3. The number of benzene rings is 1. The van der Waals surface area contributed by atoms with E-state index in [0.29, 0.717) is 5.92 Å². The van der Waals surface area contributed by atoms with Crippen molar-refractivity contribution in [1.82, 2.24) is 16.0 Å². The summed E-state index contributed by atoms with van der Waals surface area (Å²) in [6.07, 6.45) is 5.65. The number of fused-ring (bicyclic) bond motifs is 1. The van der Waals surface area contributed by atoms with Gasteiger partial charge in [-0.15, -0.1) is 12.4 Å². The molecule has 1 unspecified atom stereocenters. The van der Waals surface area contributed by atoms with Crippen LogP contribution in [0.1, 0.15) is 50.2 Å². The number of carbonyl (C=O) groups excluding carboxylic acids is 2. The Hall–Kier alpha value is -1.59. The number of hydrogen-bond acceptors (Lipinski definition) is 3. The molecule has 2 amide bonds. The third kappa shape index (κ3) is 5.94. The molecule has 2 aliphatic rings. The van der Waals surface area contributed by atoms with Gasteiger partial charge in [-0.1, -0.05) is 31.2 Å². The minimum absolute atomic E-state index is 0. The molecule has 0 saturated heterocycles. The molecule has 1 aliphatic carbocycles. The predicted molar refractivity (Wildman–Crippen MR) is 110 cm³/mol. The van der Waals surface area contributed by atoms with Crippen LogP contribution in [0.15, 0.2) is 24.3 Å². The summed E-state index contributed by atoms with van der Waals surface area (Å²) in [6.45, 7) is 4.32. The Bertz CT molecular complexity index is 630. The lowest BCUT2D eigenvalue weighted by Gasteiger charge is -2.29. The van der Waals surface area contributed by atoms with E-state index in [1.54, 1.807) is 0 Å². The van der Waals surface area contributed by atoms with Crippen molar-refractivity contribution in [3.63, 3.8) is 0 Å². The molecule has 3 rings (SSSR count). The van der Waals surface area contributed by atoms with Crippen molar-refractivity contribution in [2.75, 3.05) is 13.1 Å². The van der Waals surface area contributed by atoms with Crippen LogP contribution in [0.3, 0.4) is 0 Å². The number of halogens is 1. The van der Waals surface area contributed by atoms with E-state index in [9.17, 15) is 9.59 Å². The molecular formula is C21H32ClN3O2. The summed E-state index contributed by atoms with van der Waals surface area (Å²) in [5, 5.41) is 9.47. The molecule has 0 bridgehead atoms. The summed E-state index contributed by atoms with van der Waals surface area (Å²) in [5.74, 6) is 0.955. The monoisotopic (exact) mass is 393 g/mol. The highest BCUT2D eigenvalue weighted by Gasteiger charge is 2.28.